The Morgan fingerprint density at radius 2 is 1.80 bits per heavy atom. The average molecular weight is 274 g/mol. The molecule has 3 heterocycles. The van der Waals surface area contributed by atoms with Crippen LogP contribution in [-0.2, 0) is 0 Å². The Balaban J connectivity index is 1.87. The Morgan fingerprint density at radius 1 is 1.10 bits per heavy atom. The van der Waals surface area contributed by atoms with Gasteiger partial charge in [0.2, 0.25) is 11.9 Å². The van der Waals surface area contributed by atoms with Gasteiger partial charge in [-0.3, -0.25) is 0 Å². The van der Waals surface area contributed by atoms with Crippen LogP contribution in [0.1, 0.15) is 26.7 Å². The van der Waals surface area contributed by atoms with Crippen molar-refractivity contribution < 1.29 is 0 Å². The summed E-state index contributed by atoms with van der Waals surface area (Å²) >= 11 is 0. The molecule has 0 unspecified atom stereocenters. The van der Waals surface area contributed by atoms with Crippen molar-refractivity contribution >= 4 is 11.9 Å². The molecule has 20 heavy (non-hydrogen) atoms. The first-order valence-electron chi connectivity index (χ1n) is 6.65. The van der Waals surface area contributed by atoms with E-state index < -0.39 is 0 Å². The first-order valence-corrected chi connectivity index (χ1v) is 6.65. The van der Waals surface area contributed by atoms with Crippen molar-refractivity contribution in [1.29, 1.82) is 0 Å². The smallest absolute Gasteiger partial charge is 0.258 e. The van der Waals surface area contributed by atoms with E-state index in [0.29, 0.717) is 17.3 Å². The van der Waals surface area contributed by atoms with Crippen LogP contribution in [0.3, 0.4) is 0 Å². The zero-order chi connectivity index (χ0) is 14.2. The SMILES string of the molecule is CC1(C)CCN(c2nc(N)nc(-n3cncn3)n2)CC1. The van der Waals surface area contributed by atoms with Gasteiger partial charge in [-0.2, -0.15) is 24.7 Å². The van der Waals surface area contributed by atoms with Crippen LogP contribution in [0.5, 0.6) is 0 Å². The van der Waals surface area contributed by atoms with Gasteiger partial charge >= 0.3 is 0 Å². The zero-order valence-electron chi connectivity index (χ0n) is 11.7. The molecule has 0 saturated carbocycles. The molecule has 106 valence electrons. The second-order valence-corrected chi connectivity index (χ2v) is 5.78. The number of piperidine rings is 1. The van der Waals surface area contributed by atoms with Gasteiger partial charge < -0.3 is 10.6 Å². The number of nitrogens with zero attached hydrogens (tertiary/aromatic N) is 7. The third-order valence-electron chi connectivity index (χ3n) is 3.65. The lowest BCUT2D eigenvalue weighted by Gasteiger charge is -2.36. The maximum Gasteiger partial charge on any atom is 0.258 e. The molecule has 2 aromatic heterocycles. The first-order chi connectivity index (χ1) is 9.53. The van der Waals surface area contributed by atoms with Crippen molar-refractivity contribution in [2.75, 3.05) is 23.7 Å². The molecule has 8 nitrogen and oxygen atoms in total. The van der Waals surface area contributed by atoms with Gasteiger partial charge in [0.15, 0.2) is 0 Å². The molecule has 1 saturated heterocycles. The van der Waals surface area contributed by atoms with Crippen LogP contribution in [0.4, 0.5) is 11.9 Å². The van der Waals surface area contributed by atoms with E-state index in [1.54, 1.807) is 0 Å². The predicted octanol–water partition coefficient (Wildman–Crippen LogP) is 0.661. The summed E-state index contributed by atoms with van der Waals surface area (Å²) < 4.78 is 1.48. The summed E-state index contributed by atoms with van der Waals surface area (Å²) in [7, 11) is 0. The van der Waals surface area contributed by atoms with E-state index in [1.807, 2.05) is 0 Å². The van der Waals surface area contributed by atoms with Gasteiger partial charge in [0.1, 0.15) is 12.7 Å². The lowest BCUT2D eigenvalue weighted by Crippen LogP contribution is -2.38. The van der Waals surface area contributed by atoms with E-state index in [0.717, 1.165) is 25.9 Å². The highest BCUT2D eigenvalue weighted by Crippen LogP contribution is 2.31. The van der Waals surface area contributed by atoms with E-state index in [4.69, 9.17) is 5.73 Å². The maximum absolute atomic E-state index is 5.78. The lowest BCUT2D eigenvalue weighted by atomic mass is 9.83. The second kappa shape index (κ2) is 4.69. The summed E-state index contributed by atoms with van der Waals surface area (Å²) in [6.45, 7) is 6.42. The largest absolute Gasteiger partial charge is 0.368 e. The van der Waals surface area contributed by atoms with Gasteiger partial charge in [-0.25, -0.2) is 4.98 Å². The minimum Gasteiger partial charge on any atom is -0.368 e. The highest BCUT2D eigenvalue weighted by molar-refractivity contribution is 5.38. The number of nitrogen functional groups attached to an aromatic ring is 1. The Bertz CT molecular complexity index is 582. The molecular weight excluding hydrogens is 256 g/mol. The molecule has 2 N–H and O–H groups in total. The van der Waals surface area contributed by atoms with E-state index in [1.165, 1.54) is 17.3 Å². The minimum atomic E-state index is 0.199. The summed E-state index contributed by atoms with van der Waals surface area (Å²) in [6, 6.07) is 0. The molecule has 0 spiro atoms. The fourth-order valence-electron chi connectivity index (χ4n) is 2.24. The van der Waals surface area contributed by atoms with Gasteiger partial charge in [-0.05, 0) is 18.3 Å². The molecule has 0 aliphatic carbocycles. The lowest BCUT2D eigenvalue weighted by molar-refractivity contribution is 0.278. The molecule has 0 radical (unpaired) electrons. The first kappa shape index (κ1) is 12.8. The summed E-state index contributed by atoms with van der Waals surface area (Å²) in [4.78, 5) is 18.8. The molecule has 0 bridgehead atoms. The highest BCUT2D eigenvalue weighted by atomic mass is 15.4. The summed E-state index contributed by atoms with van der Waals surface area (Å²) in [6.07, 6.45) is 5.19. The molecule has 1 aliphatic heterocycles. The molecule has 8 heteroatoms. The van der Waals surface area contributed by atoms with Crippen LogP contribution in [0.15, 0.2) is 12.7 Å². The van der Waals surface area contributed by atoms with Crippen molar-refractivity contribution in [2.24, 2.45) is 5.41 Å². The second-order valence-electron chi connectivity index (χ2n) is 5.78. The van der Waals surface area contributed by atoms with Crippen LogP contribution < -0.4 is 10.6 Å². The fraction of sp³-hybridized carbons (Fsp3) is 0.583. The summed E-state index contributed by atoms with van der Waals surface area (Å²) in [5.74, 6) is 1.21. The van der Waals surface area contributed by atoms with Gasteiger partial charge in [-0.1, -0.05) is 13.8 Å². The minimum absolute atomic E-state index is 0.199. The van der Waals surface area contributed by atoms with Gasteiger partial charge in [0, 0.05) is 13.1 Å². The van der Waals surface area contributed by atoms with Crippen LogP contribution in [0.2, 0.25) is 0 Å². The third-order valence-corrected chi connectivity index (χ3v) is 3.65. The van der Waals surface area contributed by atoms with Crippen LogP contribution in [-0.4, -0.2) is 42.8 Å². The summed E-state index contributed by atoms with van der Waals surface area (Å²) in [5, 5.41) is 4.02. The molecule has 1 fully saturated rings. The Hall–Kier alpha value is -2.25. The van der Waals surface area contributed by atoms with E-state index >= 15 is 0 Å². The van der Waals surface area contributed by atoms with Crippen LogP contribution in [0, 0.1) is 5.41 Å². The molecule has 0 atom stereocenters. The Labute approximate surface area is 117 Å². The number of hydrogen-bond donors (Lipinski definition) is 1. The third kappa shape index (κ3) is 2.54. The van der Waals surface area contributed by atoms with Crippen molar-refractivity contribution in [3.8, 4) is 5.95 Å². The van der Waals surface area contributed by atoms with E-state index in [-0.39, 0.29) is 5.95 Å². The Morgan fingerprint density at radius 3 is 2.45 bits per heavy atom. The normalized spacial score (nSPS) is 18.2. The van der Waals surface area contributed by atoms with Crippen LogP contribution >= 0.6 is 0 Å². The molecule has 0 amide bonds. The molecule has 3 rings (SSSR count). The number of aromatic nitrogens is 6. The monoisotopic (exact) mass is 274 g/mol. The van der Waals surface area contributed by atoms with Crippen molar-refractivity contribution in [1.82, 2.24) is 29.7 Å². The predicted molar refractivity (Wildman–Crippen MR) is 74.4 cm³/mol. The van der Waals surface area contributed by atoms with Crippen molar-refractivity contribution in [2.45, 2.75) is 26.7 Å². The zero-order valence-corrected chi connectivity index (χ0v) is 11.7. The van der Waals surface area contributed by atoms with Gasteiger partial charge in [0.25, 0.3) is 5.95 Å². The average Bonchev–Trinajstić information content (AvgIpc) is 2.91. The van der Waals surface area contributed by atoms with E-state index in [2.05, 4.69) is 43.8 Å². The number of hydrogen-bond acceptors (Lipinski definition) is 7. The number of anilines is 2. The fourth-order valence-corrected chi connectivity index (χ4v) is 2.24. The maximum atomic E-state index is 5.78. The highest BCUT2D eigenvalue weighted by Gasteiger charge is 2.27. The molecule has 1 aliphatic rings. The molecule has 0 aromatic carbocycles. The van der Waals surface area contributed by atoms with Crippen LogP contribution in [0.25, 0.3) is 5.95 Å². The summed E-state index contributed by atoms with van der Waals surface area (Å²) in [5.41, 5.74) is 6.15. The molecular formula is C12H18N8. The number of nitrogens with two attached hydrogens (primary N) is 1. The standard InChI is InChI=1S/C12H18N8/c1-12(2)3-5-19(6-4-12)10-16-9(13)17-11(18-10)20-8-14-7-15-20/h7-8H,3-6H2,1-2H3,(H2,13,16,17,18). The number of rotatable bonds is 2. The van der Waals surface area contributed by atoms with Gasteiger partial charge in [-0.15, -0.1) is 0 Å². The topological polar surface area (TPSA) is 98.6 Å². The van der Waals surface area contributed by atoms with Gasteiger partial charge in [0.05, 0.1) is 0 Å². The Kier molecular flexibility index (Phi) is 3.00. The molecule has 2 aromatic rings. The quantitative estimate of drug-likeness (QED) is 0.858. The van der Waals surface area contributed by atoms with Crippen molar-refractivity contribution in [3.05, 3.63) is 12.7 Å². The van der Waals surface area contributed by atoms with Crippen molar-refractivity contribution in [3.63, 3.8) is 0 Å². The van der Waals surface area contributed by atoms with E-state index in [9.17, 15) is 0 Å².